The van der Waals surface area contributed by atoms with Crippen LogP contribution in [-0.4, -0.2) is 35.0 Å². The number of rotatable bonds is 5. The monoisotopic (exact) mass is 353 g/mol. The van der Waals surface area contributed by atoms with Crippen LogP contribution in [0.4, 0.5) is 0 Å². The summed E-state index contributed by atoms with van der Waals surface area (Å²) in [6.45, 7) is 4.92. The van der Waals surface area contributed by atoms with Crippen LogP contribution in [0.3, 0.4) is 0 Å². The lowest BCUT2D eigenvalue weighted by atomic mass is 9.95. The van der Waals surface area contributed by atoms with Gasteiger partial charge in [0.15, 0.2) is 0 Å². The molecule has 26 heavy (non-hydrogen) atoms. The Morgan fingerprint density at radius 2 is 1.88 bits per heavy atom. The average Bonchev–Trinajstić information content (AvgIpc) is 2.66. The molecule has 1 N–H and O–H groups in total. The van der Waals surface area contributed by atoms with E-state index in [1.54, 1.807) is 19.3 Å². The summed E-state index contributed by atoms with van der Waals surface area (Å²) < 4.78 is 1.46. The number of carbonyl (C=O) groups excluding carboxylic acids is 1. The molecule has 138 valence electrons. The Labute approximate surface area is 154 Å². The van der Waals surface area contributed by atoms with Crippen LogP contribution in [0.5, 0.6) is 0 Å². The van der Waals surface area contributed by atoms with Gasteiger partial charge in [0.2, 0.25) is 0 Å². The fourth-order valence-corrected chi connectivity index (χ4v) is 3.45. The number of likely N-dealkylation sites (tertiary alicyclic amines) is 1. The summed E-state index contributed by atoms with van der Waals surface area (Å²) in [7, 11) is 1.67. The van der Waals surface area contributed by atoms with Crippen molar-refractivity contribution in [3.05, 3.63) is 70.1 Å². The van der Waals surface area contributed by atoms with Crippen LogP contribution in [-0.2, 0) is 7.05 Å². The summed E-state index contributed by atoms with van der Waals surface area (Å²) in [5, 5.41) is 3.02. The quantitative estimate of drug-likeness (QED) is 0.899. The van der Waals surface area contributed by atoms with Gasteiger partial charge >= 0.3 is 0 Å². The van der Waals surface area contributed by atoms with Gasteiger partial charge in [-0.05, 0) is 43.5 Å². The number of hydrogen-bond donors (Lipinski definition) is 1. The Morgan fingerprint density at radius 3 is 2.54 bits per heavy atom. The first kappa shape index (κ1) is 18.4. The molecule has 5 heteroatoms. The topological polar surface area (TPSA) is 54.3 Å². The highest BCUT2D eigenvalue weighted by atomic mass is 16.2. The van der Waals surface area contributed by atoms with Gasteiger partial charge in [-0.3, -0.25) is 14.5 Å². The number of aromatic nitrogens is 1. The highest BCUT2D eigenvalue weighted by molar-refractivity contribution is 5.94. The van der Waals surface area contributed by atoms with Crippen molar-refractivity contribution in [2.24, 2.45) is 13.0 Å². The molecule has 2 heterocycles. The maximum absolute atomic E-state index is 12.5. The fraction of sp³-hybridized carbons (Fsp3) is 0.429. The number of piperidine rings is 1. The standard InChI is InChI=1S/C21H27N3O2/c1-16-8-12-24(13-9-16)19(17-6-4-3-5-7-17)15-22-21(26)18-10-11-23(2)20(25)14-18/h3-7,10-11,14,16,19H,8-9,12-13,15H2,1-2H3,(H,22,26). The number of aryl methyl sites for hydroxylation is 1. The number of nitrogens with one attached hydrogen (secondary N) is 1. The lowest BCUT2D eigenvalue weighted by Gasteiger charge is -2.37. The molecular weight excluding hydrogens is 326 g/mol. The van der Waals surface area contributed by atoms with Gasteiger partial charge in [-0.15, -0.1) is 0 Å². The van der Waals surface area contributed by atoms with Crippen molar-refractivity contribution in [3.8, 4) is 0 Å². The molecule has 3 rings (SSSR count). The van der Waals surface area contributed by atoms with E-state index in [4.69, 9.17) is 0 Å². The molecule has 1 fully saturated rings. The Hall–Kier alpha value is -2.40. The molecule has 1 aromatic carbocycles. The van der Waals surface area contributed by atoms with Crippen molar-refractivity contribution >= 4 is 5.91 Å². The highest BCUT2D eigenvalue weighted by Crippen LogP contribution is 2.26. The van der Waals surface area contributed by atoms with Crippen molar-refractivity contribution in [1.82, 2.24) is 14.8 Å². The van der Waals surface area contributed by atoms with Crippen molar-refractivity contribution in [2.45, 2.75) is 25.8 Å². The Kier molecular flexibility index (Phi) is 5.89. The summed E-state index contributed by atoms with van der Waals surface area (Å²) in [6.07, 6.45) is 4.00. The first-order chi connectivity index (χ1) is 12.5. The molecule has 2 aromatic rings. The largest absolute Gasteiger partial charge is 0.350 e. The second-order valence-electron chi connectivity index (χ2n) is 7.22. The summed E-state index contributed by atoms with van der Waals surface area (Å²) in [4.78, 5) is 26.7. The average molecular weight is 353 g/mol. The molecule has 1 aliphatic heterocycles. The molecule has 0 bridgehead atoms. The van der Waals surface area contributed by atoms with Crippen LogP contribution in [0, 0.1) is 5.92 Å². The molecule has 1 atom stereocenters. The minimum absolute atomic E-state index is 0.152. The fourth-order valence-electron chi connectivity index (χ4n) is 3.45. The normalized spacial score (nSPS) is 17.0. The smallest absolute Gasteiger partial charge is 0.251 e. The third-order valence-corrected chi connectivity index (χ3v) is 5.27. The third-order valence-electron chi connectivity index (χ3n) is 5.27. The van der Waals surface area contributed by atoms with Crippen molar-refractivity contribution in [2.75, 3.05) is 19.6 Å². The van der Waals surface area contributed by atoms with E-state index in [1.165, 1.54) is 29.0 Å². The molecule has 0 spiro atoms. The van der Waals surface area contributed by atoms with E-state index in [2.05, 4.69) is 29.3 Å². The molecule has 1 saturated heterocycles. The summed E-state index contributed by atoms with van der Waals surface area (Å²) in [5.74, 6) is 0.562. The maximum atomic E-state index is 12.5. The molecule has 0 radical (unpaired) electrons. The molecule has 1 aromatic heterocycles. The minimum Gasteiger partial charge on any atom is -0.350 e. The molecule has 1 unspecified atom stereocenters. The van der Waals surface area contributed by atoms with E-state index in [0.29, 0.717) is 12.1 Å². The van der Waals surface area contributed by atoms with Gasteiger partial charge in [0.05, 0.1) is 6.04 Å². The van der Waals surface area contributed by atoms with E-state index >= 15 is 0 Å². The van der Waals surface area contributed by atoms with Gasteiger partial charge in [-0.1, -0.05) is 37.3 Å². The van der Waals surface area contributed by atoms with E-state index in [1.807, 2.05) is 18.2 Å². The van der Waals surface area contributed by atoms with Crippen LogP contribution in [0.15, 0.2) is 53.5 Å². The van der Waals surface area contributed by atoms with Gasteiger partial charge in [0.1, 0.15) is 0 Å². The van der Waals surface area contributed by atoms with Crippen LogP contribution in [0.25, 0.3) is 0 Å². The van der Waals surface area contributed by atoms with E-state index in [-0.39, 0.29) is 17.5 Å². The number of nitrogens with zero attached hydrogens (tertiary/aromatic N) is 2. The zero-order valence-electron chi connectivity index (χ0n) is 15.5. The van der Waals surface area contributed by atoms with Gasteiger partial charge in [0, 0.05) is 31.4 Å². The zero-order valence-corrected chi connectivity index (χ0v) is 15.5. The summed E-state index contributed by atoms with van der Waals surface area (Å²) >= 11 is 0. The molecule has 1 aliphatic rings. The lowest BCUT2D eigenvalue weighted by Crippen LogP contribution is -2.42. The predicted octanol–water partition coefficient (Wildman–Crippen LogP) is 2.59. The van der Waals surface area contributed by atoms with Crippen molar-refractivity contribution in [1.29, 1.82) is 0 Å². The van der Waals surface area contributed by atoms with Gasteiger partial charge < -0.3 is 9.88 Å². The maximum Gasteiger partial charge on any atom is 0.251 e. The van der Waals surface area contributed by atoms with Gasteiger partial charge in [-0.2, -0.15) is 0 Å². The number of benzene rings is 1. The number of pyridine rings is 1. The Balaban J connectivity index is 1.72. The first-order valence-electron chi connectivity index (χ1n) is 9.28. The van der Waals surface area contributed by atoms with E-state index in [0.717, 1.165) is 19.0 Å². The number of amides is 1. The van der Waals surface area contributed by atoms with Gasteiger partial charge in [-0.25, -0.2) is 0 Å². The SMILES string of the molecule is CC1CCN(C(CNC(=O)c2ccn(C)c(=O)c2)c2ccccc2)CC1. The molecule has 0 saturated carbocycles. The second-order valence-corrected chi connectivity index (χ2v) is 7.22. The minimum atomic E-state index is -0.200. The van der Waals surface area contributed by atoms with Crippen LogP contribution >= 0.6 is 0 Å². The Morgan fingerprint density at radius 1 is 1.19 bits per heavy atom. The summed E-state index contributed by atoms with van der Waals surface area (Å²) in [5.41, 5.74) is 1.45. The Bertz CT molecular complexity index is 792. The van der Waals surface area contributed by atoms with E-state index < -0.39 is 0 Å². The van der Waals surface area contributed by atoms with Crippen LogP contribution < -0.4 is 10.9 Å². The molecular formula is C21H27N3O2. The number of hydrogen-bond acceptors (Lipinski definition) is 3. The summed E-state index contributed by atoms with van der Waals surface area (Å²) in [6, 6.07) is 13.5. The number of carbonyl (C=O) groups is 1. The molecule has 5 nitrogen and oxygen atoms in total. The third kappa shape index (κ3) is 4.41. The first-order valence-corrected chi connectivity index (χ1v) is 9.28. The van der Waals surface area contributed by atoms with E-state index in [9.17, 15) is 9.59 Å². The van der Waals surface area contributed by atoms with Crippen molar-refractivity contribution < 1.29 is 4.79 Å². The predicted molar refractivity (Wildman–Crippen MR) is 103 cm³/mol. The lowest BCUT2D eigenvalue weighted by molar-refractivity contribution is 0.0912. The molecule has 0 aliphatic carbocycles. The van der Waals surface area contributed by atoms with Gasteiger partial charge in [0.25, 0.3) is 11.5 Å². The van der Waals surface area contributed by atoms with Crippen LogP contribution in [0.1, 0.15) is 41.7 Å². The second kappa shape index (κ2) is 8.32. The molecule has 1 amide bonds. The zero-order chi connectivity index (χ0) is 18.5. The van der Waals surface area contributed by atoms with Crippen molar-refractivity contribution in [3.63, 3.8) is 0 Å². The highest BCUT2D eigenvalue weighted by Gasteiger charge is 2.25. The van der Waals surface area contributed by atoms with Crippen LogP contribution in [0.2, 0.25) is 0 Å².